The fraction of sp³-hybridized carbons (Fsp3) is 0.409. The van der Waals surface area contributed by atoms with Crippen molar-refractivity contribution in [3.63, 3.8) is 0 Å². The average molecular weight is 410 g/mol. The van der Waals surface area contributed by atoms with Gasteiger partial charge in [-0.1, -0.05) is 23.7 Å². The summed E-state index contributed by atoms with van der Waals surface area (Å²) in [4.78, 5) is 25.6. The number of para-hydroxylation sites is 2. The van der Waals surface area contributed by atoms with Crippen LogP contribution in [0.15, 0.2) is 36.5 Å². The second-order valence-corrected chi connectivity index (χ2v) is 8.83. The number of benzene rings is 1. The molecule has 0 radical (unpaired) electrons. The Hall–Kier alpha value is -2.60. The summed E-state index contributed by atoms with van der Waals surface area (Å²) >= 11 is 6.52. The lowest BCUT2D eigenvalue weighted by Crippen LogP contribution is -2.41. The van der Waals surface area contributed by atoms with Crippen LogP contribution in [0.3, 0.4) is 0 Å². The lowest BCUT2D eigenvalue weighted by molar-refractivity contribution is -0.126. The highest BCUT2D eigenvalue weighted by atomic mass is 35.5. The number of piperidine rings is 1. The van der Waals surface area contributed by atoms with E-state index in [1.807, 2.05) is 43.3 Å². The third kappa shape index (κ3) is 3.06. The maximum atomic E-state index is 12.0. The molecular weight excluding hydrogens is 386 g/mol. The first kappa shape index (κ1) is 18.4. The fourth-order valence-electron chi connectivity index (χ4n) is 4.81. The van der Waals surface area contributed by atoms with Gasteiger partial charge in [0.15, 0.2) is 0 Å². The topological polar surface area (TPSA) is 54.3 Å². The molecule has 2 aliphatic heterocycles. The number of nitrogens with zero attached hydrogens (tertiary/aromatic N) is 5. The second-order valence-electron chi connectivity index (χ2n) is 8.42. The highest BCUT2D eigenvalue weighted by Crippen LogP contribution is 2.41. The van der Waals surface area contributed by atoms with E-state index in [0.29, 0.717) is 11.4 Å². The van der Waals surface area contributed by atoms with Crippen LogP contribution in [0.4, 0.5) is 5.82 Å². The molecule has 4 heterocycles. The van der Waals surface area contributed by atoms with E-state index in [9.17, 15) is 4.79 Å². The zero-order valence-corrected chi connectivity index (χ0v) is 17.5. The lowest BCUT2D eigenvalue weighted by atomic mass is 9.77. The Morgan fingerprint density at radius 3 is 2.59 bits per heavy atom. The predicted octanol–water partition coefficient (Wildman–Crippen LogP) is 3.74. The molecule has 0 bridgehead atoms. The summed E-state index contributed by atoms with van der Waals surface area (Å²) in [5.74, 6) is 2.03. The van der Waals surface area contributed by atoms with Crippen molar-refractivity contribution in [2.24, 2.45) is 12.5 Å². The van der Waals surface area contributed by atoms with Gasteiger partial charge in [0, 0.05) is 57.3 Å². The molecule has 3 aromatic rings. The number of carbonyl (C=O) groups excluding carboxylic acids is 1. The van der Waals surface area contributed by atoms with Gasteiger partial charge in [-0.2, -0.15) is 0 Å². The number of likely N-dealkylation sites (tertiary alicyclic amines) is 1. The van der Waals surface area contributed by atoms with Crippen molar-refractivity contribution in [1.82, 2.24) is 19.4 Å². The number of aryl methyl sites for hydroxylation is 1. The smallest absolute Gasteiger partial charge is 0.222 e. The molecular formula is C22H24ClN5O. The number of aromatic nitrogens is 3. The first-order valence-corrected chi connectivity index (χ1v) is 10.4. The minimum absolute atomic E-state index is 0.134. The van der Waals surface area contributed by atoms with Crippen molar-refractivity contribution in [1.29, 1.82) is 0 Å². The normalized spacial score (nSPS) is 18.9. The van der Waals surface area contributed by atoms with Crippen LogP contribution in [0.5, 0.6) is 0 Å². The lowest BCUT2D eigenvalue weighted by Gasteiger charge is -2.39. The molecule has 150 valence electrons. The van der Waals surface area contributed by atoms with E-state index in [0.717, 1.165) is 60.7 Å². The van der Waals surface area contributed by atoms with Crippen LogP contribution in [0.25, 0.3) is 22.4 Å². The number of amides is 1. The van der Waals surface area contributed by atoms with Crippen LogP contribution in [0.2, 0.25) is 5.02 Å². The fourth-order valence-corrected chi connectivity index (χ4v) is 4.99. The predicted molar refractivity (Wildman–Crippen MR) is 115 cm³/mol. The van der Waals surface area contributed by atoms with Crippen LogP contribution < -0.4 is 4.90 Å². The van der Waals surface area contributed by atoms with Gasteiger partial charge in [0.1, 0.15) is 11.6 Å². The van der Waals surface area contributed by atoms with Crippen molar-refractivity contribution in [3.05, 3.63) is 41.6 Å². The van der Waals surface area contributed by atoms with E-state index < -0.39 is 0 Å². The summed E-state index contributed by atoms with van der Waals surface area (Å²) in [7, 11) is 3.92. The molecule has 2 aromatic heterocycles. The van der Waals surface area contributed by atoms with Crippen LogP contribution in [-0.2, 0) is 11.8 Å². The Morgan fingerprint density at radius 1 is 1.14 bits per heavy atom. The Morgan fingerprint density at radius 2 is 1.90 bits per heavy atom. The Labute approximate surface area is 175 Å². The van der Waals surface area contributed by atoms with Gasteiger partial charge in [-0.15, -0.1) is 0 Å². The molecule has 0 aliphatic carbocycles. The number of rotatable bonds is 2. The van der Waals surface area contributed by atoms with Gasteiger partial charge in [0.05, 0.1) is 16.1 Å². The minimum atomic E-state index is 0.134. The van der Waals surface area contributed by atoms with Crippen molar-refractivity contribution in [2.75, 3.05) is 31.6 Å². The summed E-state index contributed by atoms with van der Waals surface area (Å²) in [6.07, 6.45) is 4.42. The number of hydrogen-bond acceptors (Lipinski definition) is 4. The zero-order valence-electron chi connectivity index (χ0n) is 16.7. The Kier molecular flexibility index (Phi) is 4.28. The molecule has 0 atom stereocenters. The molecule has 29 heavy (non-hydrogen) atoms. The van der Waals surface area contributed by atoms with Gasteiger partial charge >= 0.3 is 0 Å². The third-order valence-electron chi connectivity index (χ3n) is 6.54. The van der Waals surface area contributed by atoms with Crippen molar-refractivity contribution in [2.45, 2.75) is 19.3 Å². The van der Waals surface area contributed by atoms with E-state index in [2.05, 4.69) is 20.5 Å². The molecule has 2 saturated heterocycles. The maximum absolute atomic E-state index is 12.0. The van der Waals surface area contributed by atoms with E-state index in [-0.39, 0.29) is 11.3 Å². The number of carbonyl (C=O) groups is 1. The van der Waals surface area contributed by atoms with E-state index in [4.69, 9.17) is 16.6 Å². The monoisotopic (exact) mass is 409 g/mol. The molecule has 0 saturated carbocycles. The number of hydrogen-bond donors (Lipinski definition) is 0. The molecule has 0 N–H and O–H groups in total. The number of anilines is 1. The number of halogens is 1. The molecule has 0 unspecified atom stereocenters. The van der Waals surface area contributed by atoms with E-state index in [1.54, 1.807) is 6.20 Å². The summed E-state index contributed by atoms with van der Waals surface area (Å²) < 4.78 is 2.07. The first-order valence-electron chi connectivity index (χ1n) is 10.0. The molecule has 1 spiro atoms. The number of pyridine rings is 1. The van der Waals surface area contributed by atoms with Crippen molar-refractivity contribution >= 4 is 34.4 Å². The zero-order chi connectivity index (χ0) is 20.2. The molecule has 2 fully saturated rings. The highest BCUT2D eigenvalue weighted by molar-refractivity contribution is 6.33. The van der Waals surface area contributed by atoms with Gasteiger partial charge in [-0.25, -0.2) is 9.97 Å². The van der Waals surface area contributed by atoms with Gasteiger partial charge < -0.3 is 14.4 Å². The standard InChI is InChI=1S/C22H24ClN5O/c1-26-14-22(12-20(26)29)7-9-28(10-8-22)19-11-15(16(23)13-24-19)21-25-17-5-3-4-6-18(17)27(21)2/h3-6,11,13H,7-10,12,14H2,1-2H3. The SMILES string of the molecule is CN1CC2(CCN(c3cc(-c4nc5ccccc5n4C)c(Cl)cn3)CC2)CC1=O. The van der Waals surface area contributed by atoms with Crippen LogP contribution >= 0.6 is 11.6 Å². The quantitative estimate of drug-likeness (QED) is 0.647. The second kappa shape index (κ2) is 6.73. The van der Waals surface area contributed by atoms with Crippen LogP contribution in [0.1, 0.15) is 19.3 Å². The molecule has 1 amide bonds. The van der Waals surface area contributed by atoms with Crippen LogP contribution in [0, 0.1) is 5.41 Å². The van der Waals surface area contributed by atoms with Crippen LogP contribution in [-0.4, -0.2) is 52.0 Å². The molecule has 2 aliphatic rings. The van der Waals surface area contributed by atoms with E-state index in [1.165, 1.54) is 0 Å². The molecule has 7 heteroatoms. The number of imidazole rings is 1. The summed E-state index contributed by atoms with van der Waals surface area (Å²) in [6, 6.07) is 10.1. The largest absolute Gasteiger partial charge is 0.357 e. The molecule has 1 aromatic carbocycles. The Balaban J connectivity index is 1.43. The maximum Gasteiger partial charge on any atom is 0.222 e. The highest BCUT2D eigenvalue weighted by Gasteiger charge is 2.43. The third-order valence-corrected chi connectivity index (χ3v) is 6.84. The van der Waals surface area contributed by atoms with Gasteiger partial charge in [0.2, 0.25) is 5.91 Å². The summed E-state index contributed by atoms with van der Waals surface area (Å²) in [6.45, 7) is 2.67. The van der Waals surface area contributed by atoms with Gasteiger partial charge in [-0.05, 0) is 31.0 Å². The van der Waals surface area contributed by atoms with Crippen molar-refractivity contribution in [3.8, 4) is 11.4 Å². The van der Waals surface area contributed by atoms with Gasteiger partial charge in [0.25, 0.3) is 0 Å². The number of fused-ring (bicyclic) bond motifs is 1. The first-order chi connectivity index (χ1) is 14.0. The Bertz CT molecular complexity index is 1100. The van der Waals surface area contributed by atoms with E-state index >= 15 is 0 Å². The minimum Gasteiger partial charge on any atom is -0.357 e. The average Bonchev–Trinajstić information content (AvgIpc) is 3.19. The van der Waals surface area contributed by atoms with Gasteiger partial charge in [-0.3, -0.25) is 4.79 Å². The molecule has 5 rings (SSSR count). The summed E-state index contributed by atoms with van der Waals surface area (Å²) in [5, 5.41) is 0.601. The summed E-state index contributed by atoms with van der Waals surface area (Å²) in [5.41, 5.74) is 3.06. The van der Waals surface area contributed by atoms with Crippen molar-refractivity contribution < 1.29 is 4.79 Å². The molecule has 6 nitrogen and oxygen atoms in total.